The third-order valence-electron chi connectivity index (χ3n) is 3.16. The number of nitrogens with one attached hydrogen (secondary N) is 1. The third-order valence-corrected chi connectivity index (χ3v) is 3.48. The Kier molecular flexibility index (Phi) is 3.15. The summed E-state index contributed by atoms with van der Waals surface area (Å²) in [5.41, 5.74) is 3.20. The van der Waals surface area contributed by atoms with Crippen LogP contribution < -0.4 is 5.32 Å². The monoisotopic (exact) mass is 259 g/mol. The maximum absolute atomic E-state index is 6.22. The zero-order chi connectivity index (χ0) is 12.4. The highest BCUT2D eigenvalue weighted by molar-refractivity contribution is 6.30. The highest BCUT2D eigenvalue weighted by atomic mass is 35.5. The predicted octanol–water partition coefficient (Wildman–Crippen LogP) is 3.75. The summed E-state index contributed by atoms with van der Waals surface area (Å²) in [4.78, 5) is 8.89. The lowest BCUT2D eigenvalue weighted by Gasteiger charge is -2.16. The molecule has 1 aliphatic rings. The van der Waals surface area contributed by atoms with Crippen LogP contribution in [0.5, 0.6) is 0 Å². The Morgan fingerprint density at radius 3 is 2.61 bits per heavy atom. The number of hydrogen-bond acceptors (Lipinski definition) is 3. The van der Waals surface area contributed by atoms with Crippen LogP contribution in [0.3, 0.4) is 0 Å². The van der Waals surface area contributed by atoms with Gasteiger partial charge in [0.25, 0.3) is 0 Å². The van der Waals surface area contributed by atoms with Gasteiger partial charge in [0, 0.05) is 11.3 Å². The minimum absolute atomic E-state index is 0.590. The Hall–Kier alpha value is -1.61. The van der Waals surface area contributed by atoms with E-state index in [4.69, 9.17) is 11.6 Å². The van der Waals surface area contributed by atoms with Crippen LogP contribution in [0.2, 0.25) is 5.15 Å². The zero-order valence-corrected chi connectivity index (χ0v) is 10.7. The molecule has 0 unspecified atom stereocenters. The van der Waals surface area contributed by atoms with Crippen LogP contribution in [0.4, 0.5) is 11.6 Å². The van der Waals surface area contributed by atoms with Gasteiger partial charge in [-0.1, -0.05) is 29.8 Å². The van der Waals surface area contributed by atoms with E-state index in [0.717, 1.165) is 29.8 Å². The predicted molar refractivity (Wildman–Crippen MR) is 73.4 cm³/mol. The van der Waals surface area contributed by atoms with Gasteiger partial charge in [0.1, 0.15) is 5.15 Å². The third kappa shape index (κ3) is 2.31. The van der Waals surface area contributed by atoms with Gasteiger partial charge in [0.15, 0.2) is 0 Å². The molecular formula is C14H14ClN3. The molecule has 0 radical (unpaired) electrons. The SMILES string of the molecule is Clc1nc(Nc2ccccc2)nc2c1CCCC2. The van der Waals surface area contributed by atoms with Gasteiger partial charge in [-0.2, -0.15) is 0 Å². The molecule has 0 fully saturated rings. The second kappa shape index (κ2) is 4.94. The second-order valence-electron chi connectivity index (χ2n) is 4.46. The fraction of sp³-hybridized carbons (Fsp3) is 0.286. The molecule has 1 heterocycles. The standard InChI is InChI=1S/C14H14ClN3/c15-13-11-8-4-5-9-12(11)17-14(18-13)16-10-6-2-1-3-7-10/h1-3,6-7H,4-5,8-9H2,(H,16,17,18). The summed E-state index contributed by atoms with van der Waals surface area (Å²) >= 11 is 6.22. The van der Waals surface area contributed by atoms with E-state index in [9.17, 15) is 0 Å². The Morgan fingerprint density at radius 1 is 1.00 bits per heavy atom. The molecule has 1 N–H and O–H groups in total. The minimum Gasteiger partial charge on any atom is -0.324 e. The molecular weight excluding hydrogens is 246 g/mol. The van der Waals surface area contributed by atoms with Crippen LogP contribution >= 0.6 is 11.6 Å². The van der Waals surface area contributed by atoms with E-state index in [1.807, 2.05) is 30.3 Å². The summed E-state index contributed by atoms with van der Waals surface area (Å²) in [7, 11) is 0. The Morgan fingerprint density at radius 2 is 1.78 bits per heavy atom. The van der Waals surface area contributed by atoms with E-state index in [2.05, 4.69) is 15.3 Å². The number of nitrogens with zero attached hydrogens (tertiary/aromatic N) is 2. The van der Waals surface area contributed by atoms with Crippen molar-refractivity contribution in [1.29, 1.82) is 0 Å². The largest absolute Gasteiger partial charge is 0.324 e. The normalized spacial score (nSPS) is 14.1. The van der Waals surface area contributed by atoms with Crippen molar-refractivity contribution >= 4 is 23.2 Å². The molecule has 0 amide bonds. The van der Waals surface area contributed by atoms with Gasteiger partial charge >= 0.3 is 0 Å². The van der Waals surface area contributed by atoms with Crippen molar-refractivity contribution in [2.75, 3.05) is 5.32 Å². The lowest BCUT2D eigenvalue weighted by molar-refractivity contribution is 0.664. The maximum Gasteiger partial charge on any atom is 0.228 e. The topological polar surface area (TPSA) is 37.8 Å². The average molecular weight is 260 g/mol. The summed E-state index contributed by atoms with van der Waals surface area (Å²) in [6, 6.07) is 9.89. The maximum atomic E-state index is 6.22. The van der Waals surface area contributed by atoms with Gasteiger partial charge in [-0.05, 0) is 37.8 Å². The van der Waals surface area contributed by atoms with Crippen LogP contribution in [-0.2, 0) is 12.8 Å². The number of hydrogen-bond donors (Lipinski definition) is 1. The molecule has 0 saturated heterocycles. The highest BCUT2D eigenvalue weighted by Gasteiger charge is 2.16. The lowest BCUT2D eigenvalue weighted by atomic mass is 9.97. The first kappa shape index (κ1) is 11.5. The zero-order valence-electron chi connectivity index (χ0n) is 9.99. The summed E-state index contributed by atoms with van der Waals surface area (Å²) in [6.45, 7) is 0. The van der Waals surface area contributed by atoms with Gasteiger partial charge in [-0.25, -0.2) is 9.97 Å². The first-order valence-electron chi connectivity index (χ1n) is 6.20. The molecule has 1 aromatic carbocycles. The number of aromatic nitrogens is 2. The number of rotatable bonds is 2. The summed E-state index contributed by atoms with van der Waals surface area (Å²) in [6.07, 6.45) is 4.37. The fourth-order valence-electron chi connectivity index (χ4n) is 2.25. The minimum atomic E-state index is 0.590. The molecule has 92 valence electrons. The van der Waals surface area contributed by atoms with E-state index in [-0.39, 0.29) is 0 Å². The van der Waals surface area contributed by atoms with Crippen molar-refractivity contribution in [1.82, 2.24) is 9.97 Å². The van der Waals surface area contributed by atoms with Crippen LogP contribution in [0, 0.1) is 0 Å². The van der Waals surface area contributed by atoms with E-state index in [1.165, 1.54) is 12.8 Å². The second-order valence-corrected chi connectivity index (χ2v) is 4.82. The molecule has 1 aromatic heterocycles. The van der Waals surface area contributed by atoms with E-state index < -0.39 is 0 Å². The molecule has 3 nitrogen and oxygen atoms in total. The number of halogens is 1. The van der Waals surface area contributed by atoms with Gasteiger partial charge in [-0.3, -0.25) is 0 Å². The summed E-state index contributed by atoms with van der Waals surface area (Å²) < 4.78 is 0. The number of benzene rings is 1. The molecule has 2 aromatic rings. The first-order chi connectivity index (χ1) is 8.83. The van der Waals surface area contributed by atoms with E-state index in [0.29, 0.717) is 11.1 Å². The van der Waals surface area contributed by atoms with E-state index >= 15 is 0 Å². The Bertz CT molecular complexity index is 554. The number of fused-ring (bicyclic) bond motifs is 1. The van der Waals surface area contributed by atoms with Crippen LogP contribution in [-0.4, -0.2) is 9.97 Å². The van der Waals surface area contributed by atoms with E-state index in [1.54, 1.807) is 0 Å². The molecule has 3 rings (SSSR count). The Balaban J connectivity index is 1.91. The van der Waals surface area contributed by atoms with Crippen molar-refractivity contribution in [3.63, 3.8) is 0 Å². The van der Waals surface area contributed by atoms with Crippen molar-refractivity contribution in [3.8, 4) is 0 Å². The first-order valence-corrected chi connectivity index (χ1v) is 6.58. The van der Waals surface area contributed by atoms with Gasteiger partial charge in [0.05, 0.1) is 5.69 Å². The van der Waals surface area contributed by atoms with Crippen molar-refractivity contribution in [2.45, 2.75) is 25.7 Å². The van der Waals surface area contributed by atoms with Crippen LogP contribution in [0.1, 0.15) is 24.1 Å². The smallest absolute Gasteiger partial charge is 0.228 e. The average Bonchev–Trinajstić information content (AvgIpc) is 2.40. The molecule has 4 heteroatoms. The molecule has 0 bridgehead atoms. The van der Waals surface area contributed by atoms with Crippen molar-refractivity contribution < 1.29 is 0 Å². The molecule has 0 saturated carbocycles. The Labute approximate surface area is 111 Å². The fourth-order valence-corrected chi connectivity index (χ4v) is 2.54. The van der Waals surface area contributed by atoms with Crippen molar-refractivity contribution in [2.24, 2.45) is 0 Å². The molecule has 0 atom stereocenters. The molecule has 1 aliphatic carbocycles. The quantitative estimate of drug-likeness (QED) is 0.835. The van der Waals surface area contributed by atoms with Crippen LogP contribution in [0.15, 0.2) is 30.3 Å². The number of para-hydroxylation sites is 1. The van der Waals surface area contributed by atoms with Crippen LogP contribution in [0.25, 0.3) is 0 Å². The molecule has 0 spiro atoms. The highest BCUT2D eigenvalue weighted by Crippen LogP contribution is 2.27. The number of aryl methyl sites for hydroxylation is 1. The molecule has 0 aliphatic heterocycles. The summed E-state index contributed by atoms with van der Waals surface area (Å²) in [5, 5.41) is 3.78. The molecule has 18 heavy (non-hydrogen) atoms. The van der Waals surface area contributed by atoms with Gasteiger partial charge in [0.2, 0.25) is 5.95 Å². The van der Waals surface area contributed by atoms with Gasteiger partial charge in [-0.15, -0.1) is 0 Å². The number of anilines is 2. The summed E-state index contributed by atoms with van der Waals surface area (Å²) in [5.74, 6) is 0.590. The van der Waals surface area contributed by atoms with Crippen molar-refractivity contribution in [3.05, 3.63) is 46.7 Å². The van der Waals surface area contributed by atoms with Gasteiger partial charge < -0.3 is 5.32 Å². The lowest BCUT2D eigenvalue weighted by Crippen LogP contribution is -2.10.